The summed E-state index contributed by atoms with van der Waals surface area (Å²) < 4.78 is 10.8. The number of aliphatic imine (C=N–C) groups is 1. The number of nitrogens with one attached hydrogen (secondary N) is 3. The Bertz CT molecular complexity index is 742. The van der Waals surface area contributed by atoms with Gasteiger partial charge in [-0.05, 0) is 26.2 Å². The number of hydrogen-bond donors (Lipinski definition) is 3. The Morgan fingerprint density at radius 3 is 2.41 bits per heavy atom. The molecule has 1 saturated carbocycles. The molecule has 1 atom stereocenters. The normalized spacial score (nSPS) is 19.5. The molecule has 2 fully saturated rings. The van der Waals surface area contributed by atoms with Gasteiger partial charge in [-0.1, -0.05) is 19.3 Å². The summed E-state index contributed by atoms with van der Waals surface area (Å²) in [6, 6.07) is 6.59. The van der Waals surface area contributed by atoms with Gasteiger partial charge in [-0.25, -0.2) is 0 Å². The molecule has 1 aliphatic carbocycles. The van der Waals surface area contributed by atoms with E-state index < -0.39 is 0 Å². The molecule has 1 saturated heterocycles. The summed E-state index contributed by atoms with van der Waals surface area (Å²) in [6.07, 6.45) is 7.38. The second kappa shape index (κ2) is 12.4. The van der Waals surface area contributed by atoms with Crippen LogP contribution in [0.3, 0.4) is 0 Å². The first kappa shape index (κ1) is 24.0. The van der Waals surface area contributed by atoms with Crippen LogP contribution >= 0.6 is 0 Å². The maximum atomic E-state index is 12.3. The number of carbonyl (C=O) groups is 1. The zero-order valence-electron chi connectivity index (χ0n) is 19.8. The molecule has 8 nitrogen and oxygen atoms in total. The first-order chi connectivity index (χ1) is 15.6. The molecule has 1 amide bonds. The summed E-state index contributed by atoms with van der Waals surface area (Å²) in [7, 11) is 3.34. The fraction of sp³-hybridized carbons (Fsp3) is 0.667. The van der Waals surface area contributed by atoms with Gasteiger partial charge in [0.15, 0.2) is 5.96 Å². The number of amides is 1. The Morgan fingerprint density at radius 2 is 1.75 bits per heavy atom. The lowest BCUT2D eigenvalue weighted by Crippen LogP contribution is -2.44. The second-order valence-corrected chi connectivity index (χ2v) is 8.56. The van der Waals surface area contributed by atoms with Crippen LogP contribution in [0.1, 0.15) is 51.9 Å². The van der Waals surface area contributed by atoms with Crippen molar-refractivity contribution >= 4 is 17.6 Å². The molecule has 8 heteroatoms. The number of ether oxygens (including phenoxy) is 2. The maximum absolute atomic E-state index is 12.3. The Morgan fingerprint density at radius 1 is 1.03 bits per heavy atom. The molecule has 32 heavy (non-hydrogen) atoms. The molecule has 178 valence electrons. The number of anilines is 1. The SMILES string of the molecule is CCNC(=NCCC(=O)NC1CCCCC1)NC1CCN(c2cc(OC)cc(OC)c2)C1. The minimum Gasteiger partial charge on any atom is -0.497 e. The van der Waals surface area contributed by atoms with Crippen LogP contribution in [0.5, 0.6) is 11.5 Å². The van der Waals surface area contributed by atoms with Gasteiger partial charge >= 0.3 is 0 Å². The second-order valence-electron chi connectivity index (χ2n) is 8.56. The van der Waals surface area contributed by atoms with E-state index in [-0.39, 0.29) is 11.9 Å². The van der Waals surface area contributed by atoms with Crippen LogP contribution in [0.2, 0.25) is 0 Å². The van der Waals surface area contributed by atoms with Crippen molar-refractivity contribution in [2.45, 2.75) is 64.0 Å². The molecule has 2 aliphatic rings. The molecule has 1 unspecified atom stereocenters. The number of rotatable bonds is 9. The van der Waals surface area contributed by atoms with Gasteiger partial charge in [0.2, 0.25) is 5.91 Å². The Kier molecular flexibility index (Phi) is 9.31. The molecule has 0 spiro atoms. The van der Waals surface area contributed by atoms with Crippen LogP contribution in [0.4, 0.5) is 5.69 Å². The van der Waals surface area contributed by atoms with Crippen molar-refractivity contribution < 1.29 is 14.3 Å². The van der Waals surface area contributed by atoms with Crippen molar-refractivity contribution in [1.29, 1.82) is 0 Å². The van der Waals surface area contributed by atoms with Crippen molar-refractivity contribution in [2.75, 3.05) is 45.3 Å². The third-order valence-electron chi connectivity index (χ3n) is 6.15. The van der Waals surface area contributed by atoms with Crippen molar-refractivity contribution in [1.82, 2.24) is 16.0 Å². The highest BCUT2D eigenvalue weighted by molar-refractivity contribution is 5.81. The van der Waals surface area contributed by atoms with E-state index in [2.05, 4.69) is 32.8 Å². The highest BCUT2D eigenvalue weighted by Crippen LogP contribution is 2.30. The van der Waals surface area contributed by atoms with Crippen LogP contribution in [0.15, 0.2) is 23.2 Å². The molecule has 1 aliphatic heterocycles. The van der Waals surface area contributed by atoms with Crippen LogP contribution in [-0.2, 0) is 4.79 Å². The predicted molar refractivity (Wildman–Crippen MR) is 129 cm³/mol. The number of guanidine groups is 1. The number of benzene rings is 1. The van der Waals surface area contributed by atoms with Gasteiger partial charge in [-0.2, -0.15) is 0 Å². The predicted octanol–water partition coefficient (Wildman–Crippen LogP) is 2.68. The highest BCUT2D eigenvalue weighted by atomic mass is 16.5. The zero-order chi connectivity index (χ0) is 22.8. The van der Waals surface area contributed by atoms with E-state index in [0.717, 1.165) is 62.0 Å². The van der Waals surface area contributed by atoms with Gasteiger partial charge in [0.1, 0.15) is 11.5 Å². The molecule has 0 bridgehead atoms. The first-order valence-corrected chi connectivity index (χ1v) is 11.9. The smallest absolute Gasteiger partial charge is 0.222 e. The lowest BCUT2D eigenvalue weighted by Gasteiger charge is -2.22. The van der Waals surface area contributed by atoms with Crippen molar-refractivity contribution in [3.8, 4) is 11.5 Å². The third-order valence-corrected chi connectivity index (χ3v) is 6.15. The van der Waals surface area contributed by atoms with Crippen LogP contribution in [0.25, 0.3) is 0 Å². The summed E-state index contributed by atoms with van der Waals surface area (Å²) >= 11 is 0. The van der Waals surface area contributed by atoms with Crippen LogP contribution < -0.4 is 30.3 Å². The molecule has 1 aromatic carbocycles. The summed E-state index contributed by atoms with van der Waals surface area (Å²) in [5.74, 6) is 2.46. The molecular formula is C24H39N5O3. The molecule has 1 aromatic rings. The quantitative estimate of drug-likeness (QED) is 0.400. The van der Waals surface area contributed by atoms with Gasteiger partial charge in [-0.15, -0.1) is 0 Å². The summed E-state index contributed by atoms with van der Waals surface area (Å²) in [4.78, 5) is 19.2. The van der Waals surface area contributed by atoms with Crippen LogP contribution in [0, 0.1) is 0 Å². The lowest BCUT2D eigenvalue weighted by atomic mass is 9.95. The van der Waals surface area contributed by atoms with Crippen LogP contribution in [-0.4, -0.2) is 64.3 Å². The number of carbonyl (C=O) groups excluding carboxylic acids is 1. The fourth-order valence-corrected chi connectivity index (χ4v) is 4.42. The number of methoxy groups -OCH3 is 2. The lowest BCUT2D eigenvalue weighted by molar-refractivity contribution is -0.121. The average molecular weight is 446 g/mol. The summed E-state index contributed by atoms with van der Waals surface area (Å²) in [5, 5.41) is 10.0. The minimum absolute atomic E-state index is 0.107. The first-order valence-electron chi connectivity index (χ1n) is 11.9. The Balaban J connectivity index is 1.49. The average Bonchev–Trinajstić information content (AvgIpc) is 3.28. The third kappa shape index (κ3) is 7.21. The summed E-state index contributed by atoms with van der Waals surface area (Å²) in [5.41, 5.74) is 1.09. The number of hydrogen-bond acceptors (Lipinski definition) is 5. The maximum Gasteiger partial charge on any atom is 0.222 e. The molecule has 0 radical (unpaired) electrons. The van der Waals surface area contributed by atoms with Gasteiger partial charge < -0.3 is 30.3 Å². The van der Waals surface area contributed by atoms with Gasteiger partial charge in [0.25, 0.3) is 0 Å². The standard InChI is InChI=1S/C24H39N5O3/c1-4-25-24(26-12-10-23(30)27-18-8-6-5-7-9-18)28-19-11-13-29(17-19)20-14-21(31-2)16-22(15-20)32-3/h14-16,18-19H,4-13,17H2,1-3H3,(H,27,30)(H2,25,26,28). The van der Waals surface area contributed by atoms with Gasteiger partial charge in [0, 0.05) is 62.0 Å². The van der Waals surface area contributed by atoms with Gasteiger partial charge in [-0.3, -0.25) is 9.79 Å². The van der Waals surface area contributed by atoms with Crippen molar-refractivity contribution in [3.05, 3.63) is 18.2 Å². The minimum atomic E-state index is 0.107. The topological polar surface area (TPSA) is 87.2 Å². The fourth-order valence-electron chi connectivity index (χ4n) is 4.42. The van der Waals surface area contributed by atoms with Crippen molar-refractivity contribution in [3.63, 3.8) is 0 Å². The number of nitrogens with zero attached hydrogens (tertiary/aromatic N) is 2. The molecule has 3 N–H and O–H groups in total. The Hall–Kier alpha value is -2.64. The van der Waals surface area contributed by atoms with E-state index in [1.165, 1.54) is 19.3 Å². The largest absolute Gasteiger partial charge is 0.497 e. The summed E-state index contributed by atoms with van der Waals surface area (Å²) in [6.45, 7) is 5.12. The molecule has 1 heterocycles. The molecule has 0 aromatic heterocycles. The molecule has 3 rings (SSSR count). The monoisotopic (exact) mass is 445 g/mol. The molecular weight excluding hydrogens is 406 g/mol. The highest BCUT2D eigenvalue weighted by Gasteiger charge is 2.24. The van der Waals surface area contributed by atoms with Crippen molar-refractivity contribution in [2.24, 2.45) is 4.99 Å². The Labute approximate surface area is 192 Å². The van der Waals surface area contributed by atoms with E-state index in [0.29, 0.717) is 19.0 Å². The van der Waals surface area contributed by atoms with E-state index in [9.17, 15) is 4.79 Å². The van der Waals surface area contributed by atoms with E-state index in [1.807, 2.05) is 18.2 Å². The van der Waals surface area contributed by atoms with Gasteiger partial charge in [0.05, 0.1) is 20.8 Å². The van der Waals surface area contributed by atoms with E-state index in [4.69, 9.17) is 9.47 Å². The van der Waals surface area contributed by atoms with E-state index >= 15 is 0 Å². The zero-order valence-corrected chi connectivity index (χ0v) is 19.8. The van der Waals surface area contributed by atoms with E-state index in [1.54, 1.807) is 14.2 Å².